The number of para-hydroxylation sites is 1. The average molecular weight is 450 g/mol. The number of nitrogens with one attached hydrogen (secondary N) is 1. The summed E-state index contributed by atoms with van der Waals surface area (Å²) in [6.07, 6.45) is 1.38. The van der Waals surface area contributed by atoms with E-state index in [9.17, 15) is 14.4 Å². The van der Waals surface area contributed by atoms with Gasteiger partial charge in [-0.2, -0.15) is 5.10 Å². The van der Waals surface area contributed by atoms with Crippen LogP contribution in [0.5, 0.6) is 0 Å². The molecule has 0 saturated heterocycles. The maximum atomic E-state index is 12.7. The topological polar surface area (TPSA) is 98.9 Å². The predicted molar refractivity (Wildman–Crippen MR) is 125 cm³/mol. The van der Waals surface area contributed by atoms with Gasteiger partial charge in [0.05, 0.1) is 34.7 Å². The minimum atomic E-state index is -0.338. The number of benzene rings is 1. The van der Waals surface area contributed by atoms with Gasteiger partial charge in [-0.1, -0.05) is 32.0 Å². The van der Waals surface area contributed by atoms with E-state index in [4.69, 9.17) is 0 Å². The molecule has 1 amide bonds. The molecule has 0 unspecified atom stereocenters. The number of nitrogens with zero attached hydrogens (tertiary/aromatic N) is 4. The van der Waals surface area contributed by atoms with Crippen LogP contribution in [0.1, 0.15) is 13.8 Å². The minimum Gasteiger partial charge on any atom is -0.350 e. The Morgan fingerprint density at radius 2 is 1.91 bits per heavy atom. The van der Waals surface area contributed by atoms with Crippen LogP contribution in [0.4, 0.5) is 0 Å². The van der Waals surface area contributed by atoms with Crippen LogP contribution in [0.2, 0.25) is 0 Å². The zero-order valence-electron chi connectivity index (χ0n) is 17.8. The lowest BCUT2D eigenvalue weighted by atomic mass is 10.0. The Balaban J connectivity index is 1.51. The van der Waals surface area contributed by atoms with Crippen LogP contribution >= 0.6 is 11.3 Å². The Kier molecular flexibility index (Phi) is 6.27. The Bertz CT molecular complexity index is 1360. The second-order valence-corrected chi connectivity index (χ2v) is 8.78. The van der Waals surface area contributed by atoms with Gasteiger partial charge in [-0.15, -0.1) is 11.3 Å². The molecule has 3 heterocycles. The smallest absolute Gasteiger partial charge is 0.266 e. The van der Waals surface area contributed by atoms with Crippen LogP contribution in [-0.4, -0.2) is 31.3 Å². The number of rotatable bonds is 7. The summed E-state index contributed by atoms with van der Waals surface area (Å²) in [5.74, 6) is -0.283. The summed E-state index contributed by atoms with van der Waals surface area (Å²) in [7, 11) is 0. The molecule has 1 aromatic carbocycles. The second-order valence-electron chi connectivity index (χ2n) is 7.83. The third-order valence-electron chi connectivity index (χ3n) is 5.21. The van der Waals surface area contributed by atoms with Gasteiger partial charge < -0.3 is 5.32 Å². The fourth-order valence-electron chi connectivity index (χ4n) is 3.37. The third kappa shape index (κ3) is 4.67. The van der Waals surface area contributed by atoms with E-state index in [2.05, 4.69) is 15.4 Å². The van der Waals surface area contributed by atoms with Crippen molar-refractivity contribution in [3.8, 4) is 10.6 Å². The number of amides is 1. The van der Waals surface area contributed by atoms with Gasteiger partial charge in [-0.3, -0.25) is 19.0 Å². The van der Waals surface area contributed by atoms with Crippen LogP contribution in [0.3, 0.4) is 0 Å². The molecule has 164 valence electrons. The lowest BCUT2D eigenvalue weighted by Gasteiger charge is -2.23. The standard InChI is InChI=1S/C23H23N5O3S/c1-15(2)19(12-28-22(30)10-9-18(26-28)20-8-5-11-32-20)25-21(29)13-27-14-24-17-7-4-3-6-16(17)23(27)31/h3-11,14-15,19H,12-13H2,1-2H3,(H,25,29)/t19-/m1/s1. The van der Waals surface area contributed by atoms with Gasteiger partial charge in [0.15, 0.2) is 0 Å². The van der Waals surface area contributed by atoms with E-state index < -0.39 is 0 Å². The fourth-order valence-corrected chi connectivity index (χ4v) is 4.06. The number of fused-ring (bicyclic) bond motifs is 1. The van der Waals surface area contributed by atoms with Crippen molar-refractivity contribution in [2.75, 3.05) is 0 Å². The highest BCUT2D eigenvalue weighted by Crippen LogP contribution is 2.21. The molecule has 1 N–H and O–H groups in total. The Hall–Kier alpha value is -3.59. The molecule has 32 heavy (non-hydrogen) atoms. The number of aromatic nitrogens is 4. The van der Waals surface area contributed by atoms with Crippen LogP contribution in [0, 0.1) is 5.92 Å². The highest BCUT2D eigenvalue weighted by molar-refractivity contribution is 7.13. The van der Waals surface area contributed by atoms with Gasteiger partial charge in [-0.25, -0.2) is 9.67 Å². The lowest BCUT2D eigenvalue weighted by Crippen LogP contribution is -2.45. The van der Waals surface area contributed by atoms with E-state index in [1.807, 2.05) is 37.4 Å². The summed E-state index contributed by atoms with van der Waals surface area (Å²) >= 11 is 1.54. The number of carbonyl (C=O) groups excluding carboxylic acids is 1. The third-order valence-corrected chi connectivity index (χ3v) is 6.10. The molecule has 1 atom stereocenters. The predicted octanol–water partition coefficient (Wildman–Crippen LogP) is 2.52. The van der Waals surface area contributed by atoms with Gasteiger partial charge in [0.2, 0.25) is 5.91 Å². The number of thiophene rings is 1. The maximum Gasteiger partial charge on any atom is 0.266 e. The van der Waals surface area contributed by atoms with Crippen molar-refractivity contribution in [2.45, 2.75) is 33.0 Å². The summed E-state index contributed by atoms with van der Waals surface area (Å²) in [4.78, 5) is 43.0. The van der Waals surface area contributed by atoms with Crippen molar-refractivity contribution in [1.82, 2.24) is 24.6 Å². The molecule has 8 nitrogen and oxygen atoms in total. The molecule has 0 fully saturated rings. The van der Waals surface area contributed by atoms with Crippen molar-refractivity contribution < 1.29 is 4.79 Å². The Morgan fingerprint density at radius 3 is 2.66 bits per heavy atom. The van der Waals surface area contributed by atoms with Gasteiger partial charge in [0.25, 0.3) is 11.1 Å². The summed E-state index contributed by atoms with van der Waals surface area (Å²) in [5.41, 5.74) is 0.793. The maximum absolute atomic E-state index is 12.7. The number of hydrogen-bond acceptors (Lipinski definition) is 6. The monoisotopic (exact) mass is 449 g/mol. The first-order valence-corrected chi connectivity index (χ1v) is 11.2. The van der Waals surface area contributed by atoms with E-state index in [1.165, 1.54) is 21.6 Å². The largest absolute Gasteiger partial charge is 0.350 e. The molecule has 4 rings (SSSR count). The first-order valence-electron chi connectivity index (χ1n) is 10.3. The molecular weight excluding hydrogens is 426 g/mol. The van der Waals surface area contributed by atoms with E-state index in [0.717, 1.165) is 4.88 Å². The summed E-state index contributed by atoms with van der Waals surface area (Å²) < 4.78 is 2.67. The van der Waals surface area contributed by atoms with Crippen LogP contribution in [0.25, 0.3) is 21.5 Å². The summed E-state index contributed by atoms with van der Waals surface area (Å²) in [6.45, 7) is 4.00. The molecular formula is C23H23N5O3S. The van der Waals surface area contributed by atoms with Crippen molar-refractivity contribution in [3.63, 3.8) is 0 Å². The van der Waals surface area contributed by atoms with E-state index >= 15 is 0 Å². The van der Waals surface area contributed by atoms with Gasteiger partial charge in [0.1, 0.15) is 12.2 Å². The van der Waals surface area contributed by atoms with Gasteiger partial charge >= 0.3 is 0 Å². The molecule has 3 aromatic heterocycles. The van der Waals surface area contributed by atoms with E-state index in [0.29, 0.717) is 16.6 Å². The highest BCUT2D eigenvalue weighted by Gasteiger charge is 2.19. The highest BCUT2D eigenvalue weighted by atomic mass is 32.1. The van der Waals surface area contributed by atoms with Gasteiger partial charge in [-0.05, 0) is 35.6 Å². The SMILES string of the molecule is CC(C)[C@@H](Cn1nc(-c2cccs2)ccc1=O)NC(=O)Cn1cnc2ccccc2c1=O. The summed E-state index contributed by atoms with van der Waals surface area (Å²) in [5, 5.41) is 9.84. The molecule has 0 spiro atoms. The number of hydrogen-bond donors (Lipinski definition) is 1. The van der Waals surface area contributed by atoms with Crippen molar-refractivity contribution in [2.24, 2.45) is 5.92 Å². The zero-order chi connectivity index (χ0) is 22.7. The second kappa shape index (κ2) is 9.27. The van der Waals surface area contributed by atoms with Crippen LogP contribution < -0.4 is 16.4 Å². The van der Waals surface area contributed by atoms with Crippen LogP contribution in [0.15, 0.2) is 69.8 Å². The molecule has 0 bridgehead atoms. The Morgan fingerprint density at radius 1 is 1.09 bits per heavy atom. The van der Waals surface area contributed by atoms with Crippen LogP contribution in [-0.2, 0) is 17.9 Å². The molecule has 0 saturated carbocycles. The van der Waals surface area contributed by atoms with Crippen molar-refractivity contribution in [1.29, 1.82) is 0 Å². The van der Waals surface area contributed by atoms with Crippen molar-refractivity contribution >= 4 is 28.1 Å². The molecule has 0 aliphatic carbocycles. The van der Waals surface area contributed by atoms with Crippen molar-refractivity contribution in [3.05, 3.63) is 80.9 Å². The number of carbonyl (C=O) groups is 1. The summed E-state index contributed by atoms with van der Waals surface area (Å²) in [6, 6.07) is 13.7. The van der Waals surface area contributed by atoms with Gasteiger partial charge in [0, 0.05) is 6.07 Å². The molecule has 9 heteroatoms. The molecule has 0 radical (unpaired) electrons. The first-order chi connectivity index (χ1) is 15.4. The zero-order valence-corrected chi connectivity index (χ0v) is 18.6. The normalized spacial score (nSPS) is 12.2. The Labute approximate surface area is 188 Å². The molecule has 4 aromatic rings. The van der Waals surface area contributed by atoms with E-state index in [1.54, 1.807) is 35.6 Å². The quantitative estimate of drug-likeness (QED) is 0.467. The van der Waals surface area contributed by atoms with E-state index in [-0.39, 0.29) is 42.1 Å². The fraction of sp³-hybridized carbons (Fsp3) is 0.261. The first kappa shape index (κ1) is 21.6. The lowest BCUT2D eigenvalue weighted by molar-refractivity contribution is -0.122. The average Bonchev–Trinajstić information content (AvgIpc) is 3.32. The minimum absolute atomic E-state index is 0.0458. The molecule has 0 aliphatic rings. The molecule has 0 aliphatic heterocycles.